The van der Waals surface area contributed by atoms with Crippen LogP contribution in [0.2, 0.25) is 0 Å². The van der Waals surface area contributed by atoms with Gasteiger partial charge in [0.25, 0.3) is 0 Å². The van der Waals surface area contributed by atoms with Gasteiger partial charge in [-0.1, -0.05) is 193 Å². The van der Waals surface area contributed by atoms with Gasteiger partial charge in [0.1, 0.15) is 31.0 Å². The van der Waals surface area contributed by atoms with E-state index < -0.39 is 49.4 Å². The monoisotopic (exact) mass is 841 g/mol. The third-order valence-corrected chi connectivity index (χ3v) is 11.7. The van der Waals surface area contributed by atoms with E-state index in [4.69, 9.17) is 18.9 Å². The molecule has 0 radical (unpaired) electrons. The Morgan fingerprint density at radius 1 is 0.508 bits per heavy atom. The zero-order valence-corrected chi connectivity index (χ0v) is 38.0. The van der Waals surface area contributed by atoms with E-state index in [0.29, 0.717) is 6.42 Å². The number of aliphatic hydroxyl groups is 4. The molecule has 1 aliphatic rings. The van der Waals surface area contributed by atoms with Crippen molar-refractivity contribution in [1.82, 2.24) is 0 Å². The molecule has 0 aromatic heterocycles. The summed E-state index contributed by atoms with van der Waals surface area (Å²) in [6.07, 6.45) is 36.5. The molecule has 1 rings (SSSR count). The minimum atomic E-state index is -1.59. The maximum Gasteiger partial charge on any atom is 0.306 e. The summed E-state index contributed by atoms with van der Waals surface area (Å²) in [6, 6.07) is 0. The fourth-order valence-corrected chi connectivity index (χ4v) is 7.71. The molecule has 0 amide bonds. The number of carbonyl (C=O) groups excluding carboxylic acids is 2. The number of ether oxygens (including phenoxy) is 4. The van der Waals surface area contributed by atoms with Gasteiger partial charge in [-0.2, -0.15) is 0 Å². The van der Waals surface area contributed by atoms with Crippen LogP contribution >= 0.6 is 0 Å². The van der Waals surface area contributed by atoms with Crippen molar-refractivity contribution in [3.8, 4) is 0 Å². The van der Waals surface area contributed by atoms with Gasteiger partial charge in [-0.05, 0) is 38.5 Å². The first-order chi connectivity index (χ1) is 28.8. The fourth-order valence-electron chi connectivity index (χ4n) is 7.71. The number of carbonyl (C=O) groups is 2. The normalized spacial score (nSPS) is 20.0. The number of aliphatic hydroxyl groups excluding tert-OH is 4. The van der Waals surface area contributed by atoms with Crippen molar-refractivity contribution in [2.24, 2.45) is 0 Å². The molecule has 4 N–H and O–H groups in total. The van der Waals surface area contributed by atoms with Gasteiger partial charge >= 0.3 is 11.9 Å². The maximum atomic E-state index is 12.8. The predicted molar refractivity (Wildman–Crippen MR) is 238 cm³/mol. The Kier molecular flexibility index (Phi) is 38.1. The molecule has 10 nitrogen and oxygen atoms in total. The topological polar surface area (TPSA) is 152 Å². The first kappa shape index (κ1) is 55.5. The zero-order valence-electron chi connectivity index (χ0n) is 38.0. The highest BCUT2D eigenvalue weighted by Crippen LogP contribution is 2.23. The van der Waals surface area contributed by atoms with E-state index in [1.807, 2.05) is 0 Å². The van der Waals surface area contributed by atoms with E-state index in [2.05, 4.69) is 26.0 Å². The van der Waals surface area contributed by atoms with E-state index in [9.17, 15) is 30.0 Å². The molecule has 1 aliphatic heterocycles. The van der Waals surface area contributed by atoms with Crippen molar-refractivity contribution in [1.29, 1.82) is 0 Å². The van der Waals surface area contributed by atoms with Crippen LogP contribution in [0.5, 0.6) is 0 Å². The summed E-state index contributed by atoms with van der Waals surface area (Å²) in [5.74, 6) is -0.803. The van der Waals surface area contributed by atoms with Gasteiger partial charge < -0.3 is 39.4 Å². The van der Waals surface area contributed by atoms with Gasteiger partial charge in [0.2, 0.25) is 0 Å². The van der Waals surface area contributed by atoms with E-state index in [0.717, 1.165) is 51.4 Å². The summed E-state index contributed by atoms with van der Waals surface area (Å²) >= 11 is 0. The Bertz CT molecular complexity index is 974. The van der Waals surface area contributed by atoms with Crippen molar-refractivity contribution < 1.29 is 49.0 Å². The molecule has 6 atom stereocenters. The molecule has 0 bridgehead atoms. The molecule has 0 aromatic carbocycles. The summed E-state index contributed by atoms with van der Waals surface area (Å²) in [5.41, 5.74) is 0. The molecule has 1 unspecified atom stereocenters. The van der Waals surface area contributed by atoms with Crippen molar-refractivity contribution >= 4 is 11.9 Å². The Morgan fingerprint density at radius 3 is 1.32 bits per heavy atom. The molecule has 1 saturated heterocycles. The van der Waals surface area contributed by atoms with Gasteiger partial charge in [0.15, 0.2) is 12.4 Å². The average Bonchev–Trinajstić information content (AvgIpc) is 3.23. The highest BCUT2D eigenvalue weighted by atomic mass is 16.7. The van der Waals surface area contributed by atoms with Crippen LogP contribution in [0, 0.1) is 0 Å². The molecule has 0 saturated carbocycles. The number of hydrogen-bond donors (Lipinski definition) is 4. The molecule has 0 aliphatic carbocycles. The molecule has 1 fully saturated rings. The van der Waals surface area contributed by atoms with Crippen LogP contribution in [0.15, 0.2) is 12.2 Å². The second-order valence-electron chi connectivity index (χ2n) is 17.3. The maximum absolute atomic E-state index is 12.8. The van der Waals surface area contributed by atoms with Crippen molar-refractivity contribution in [3.05, 3.63) is 12.2 Å². The lowest BCUT2D eigenvalue weighted by molar-refractivity contribution is -0.305. The van der Waals surface area contributed by atoms with E-state index in [1.165, 1.54) is 148 Å². The van der Waals surface area contributed by atoms with Gasteiger partial charge in [-0.3, -0.25) is 9.59 Å². The first-order valence-corrected chi connectivity index (χ1v) is 24.8. The summed E-state index contributed by atoms with van der Waals surface area (Å²) in [6.45, 7) is 3.45. The molecular weight excluding hydrogens is 749 g/mol. The smallest absolute Gasteiger partial charge is 0.306 e. The van der Waals surface area contributed by atoms with Crippen LogP contribution in [0.1, 0.15) is 232 Å². The third-order valence-electron chi connectivity index (χ3n) is 11.7. The summed E-state index contributed by atoms with van der Waals surface area (Å²) in [7, 11) is 0. The molecule has 348 valence electrons. The highest BCUT2D eigenvalue weighted by Gasteiger charge is 2.44. The van der Waals surface area contributed by atoms with Gasteiger partial charge in [0, 0.05) is 12.8 Å². The molecule has 1 heterocycles. The number of rotatable bonds is 42. The molecule has 59 heavy (non-hydrogen) atoms. The predicted octanol–water partition coefficient (Wildman–Crippen LogP) is 11.1. The van der Waals surface area contributed by atoms with Crippen LogP contribution in [0.25, 0.3) is 0 Å². The Balaban J connectivity index is 2.26. The molecule has 0 aromatic rings. The number of allylic oxidation sites excluding steroid dienone is 2. The summed E-state index contributed by atoms with van der Waals surface area (Å²) in [5, 5.41) is 40.1. The van der Waals surface area contributed by atoms with Crippen LogP contribution in [-0.4, -0.2) is 89.0 Å². The lowest BCUT2D eigenvalue weighted by atomic mass is 9.99. The molecule has 10 heteroatoms. The van der Waals surface area contributed by atoms with Crippen LogP contribution in [0.3, 0.4) is 0 Å². The largest absolute Gasteiger partial charge is 0.462 e. The van der Waals surface area contributed by atoms with Crippen molar-refractivity contribution in [3.63, 3.8) is 0 Å². The summed E-state index contributed by atoms with van der Waals surface area (Å²) < 4.78 is 22.2. The van der Waals surface area contributed by atoms with Crippen LogP contribution < -0.4 is 0 Å². The summed E-state index contributed by atoms with van der Waals surface area (Å²) in [4.78, 5) is 25.4. The minimum absolute atomic E-state index is 0.215. The van der Waals surface area contributed by atoms with Gasteiger partial charge in [-0.25, -0.2) is 0 Å². The van der Waals surface area contributed by atoms with E-state index in [-0.39, 0.29) is 32.0 Å². The van der Waals surface area contributed by atoms with Crippen LogP contribution in [-0.2, 0) is 28.5 Å². The van der Waals surface area contributed by atoms with E-state index >= 15 is 0 Å². The second kappa shape index (κ2) is 40.5. The van der Waals surface area contributed by atoms with E-state index in [1.54, 1.807) is 0 Å². The van der Waals surface area contributed by atoms with Gasteiger partial charge in [-0.15, -0.1) is 0 Å². The lowest BCUT2D eigenvalue weighted by Gasteiger charge is -2.39. The zero-order chi connectivity index (χ0) is 43.0. The number of esters is 2. The van der Waals surface area contributed by atoms with Crippen molar-refractivity contribution in [2.75, 3.05) is 19.8 Å². The molecular formula is C49H92O10. The first-order valence-electron chi connectivity index (χ1n) is 24.8. The Hall–Kier alpha value is -1.56. The molecule has 0 spiro atoms. The Morgan fingerprint density at radius 2 is 0.898 bits per heavy atom. The highest BCUT2D eigenvalue weighted by molar-refractivity contribution is 5.70. The van der Waals surface area contributed by atoms with Crippen molar-refractivity contribution in [2.45, 2.75) is 269 Å². The quantitative estimate of drug-likeness (QED) is 0.0265. The number of hydrogen-bond acceptors (Lipinski definition) is 10. The fraction of sp³-hybridized carbons (Fsp3) is 0.918. The van der Waals surface area contributed by atoms with Crippen LogP contribution in [0.4, 0.5) is 0 Å². The minimum Gasteiger partial charge on any atom is -0.462 e. The lowest BCUT2D eigenvalue weighted by Crippen LogP contribution is -2.59. The standard InChI is InChI=1S/C49H92O10/c1-3-5-7-9-11-13-15-17-19-20-21-22-24-25-27-29-31-33-35-37-44(51)56-40-42(41-57-49-48(55)47(54)46(53)43(39-50)59-49)58-45(52)38-36-34-32-30-28-26-23-18-16-14-12-10-8-6-4-2/h18,23,42-43,46-50,53-55H,3-17,19-22,24-41H2,1-2H3/b23-18+/t42?,43-,46-,47+,48-,49-/m1/s1. The van der Waals surface area contributed by atoms with Gasteiger partial charge in [0.05, 0.1) is 13.2 Å². The SMILES string of the molecule is CCCCCCCC/C=C/CCCCCCCC(=O)OC(COC(=O)CCCCCCCCCCCCCCCCCCCCC)CO[C@@H]1O[C@H](CO)[C@@H](O)[C@H](O)[C@H]1O. The second-order valence-corrected chi connectivity index (χ2v) is 17.3. The third kappa shape index (κ3) is 31.9. The number of unbranched alkanes of at least 4 members (excludes halogenated alkanes) is 29. The average molecular weight is 841 g/mol. The Labute approximate surface area is 361 Å².